The number of nitrogens with zero attached hydrogens (tertiary/aromatic N) is 2. The Hall–Kier alpha value is -5.32. The van der Waals surface area contributed by atoms with Crippen LogP contribution in [0.15, 0.2) is 116 Å². The maximum Gasteiger partial charge on any atom is 0.264 e. The molecule has 4 aliphatic rings. The molecular weight excluding hydrogens is 804 g/mol. The van der Waals surface area contributed by atoms with Crippen LogP contribution in [0.3, 0.4) is 0 Å². The molecule has 0 amide bonds. The van der Waals surface area contributed by atoms with Gasteiger partial charge in [-0.3, -0.25) is 0 Å². The minimum absolute atomic E-state index is 0.0152. The van der Waals surface area contributed by atoms with Gasteiger partial charge in [0, 0.05) is 43.2 Å². The quantitative estimate of drug-likeness (QED) is 0.163. The second-order valence-electron chi connectivity index (χ2n) is 23.6. The first-order chi connectivity index (χ1) is 30.7. The van der Waals surface area contributed by atoms with Gasteiger partial charge >= 0.3 is 0 Å². The van der Waals surface area contributed by atoms with E-state index < -0.39 is 0 Å². The van der Waals surface area contributed by atoms with Crippen molar-refractivity contribution in [2.24, 2.45) is 0 Å². The lowest BCUT2D eigenvalue weighted by Gasteiger charge is -2.49. The van der Waals surface area contributed by atoms with Crippen molar-refractivity contribution in [2.75, 3.05) is 9.80 Å². The van der Waals surface area contributed by atoms with Gasteiger partial charge in [-0.25, -0.2) is 0 Å². The number of hydrogen-bond acceptors (Lipinski definition) is 3. The molecule has 2 aliphatic carbocycles. The molecule has 328 valence electrons. The van der Waals surface area contributed by atoms with E-state index in [-0.39, 0.29) is 33.8 Å². The van der Waals surface area contributed by atoms with Crippen LogP contribution in [0.4, 0.5) is 34.1 Å². The van der Waals surface area contributed by atoms with Gasteiger partial charge in [-0.15, -0.1) is 11.3 Å². The third kappa shape index (κ3) is 6.32. The van der Waals surface area contributed by atoms with Crippen LogP contribution in [0.2, 0.25) is 0 Å². The molecule has 0 atom stereocenters. The van der Waals surface area contributed by atoms with Gasteiger partial charge in [0.1, 0.15) is 0 Å². The summed E-state index contributed by atoms with van der Waals surface area (Å²) in [4.78, 5) is 5.40. The Morgan fingerprint density at radius 1 is 0.615 bits per heavy atom. The van der Waals surface area contributed by atoms with Crippen molar-refractivity contribution in [3.8, 4) is 11.1 Å². The molecule has 7 aromatic rings. The molecule has 4 heteroatoms. The molecule has 0 fully saturated rings. The van der Waals surface area contributed by atoms with Gasteiger partial charge in [0.25, 0.3) is 6.71 Å². The molecule has 1 aromatic heterocycles. The second kappa shape index (κ2) is 14.1. The third-order valence-electron chi connectivity index (χ3n) is 16.3. The minimum atomic E-state index is -0.0273. The van der Waals surface area contributed by atoms with E-state index in [0.29, 0.717) is 0 Å². The first-order valence-corrected chi connectivity index (χ1v) is 25.0. The highest BCUT2D eigenvalue weighted by Crippen LogP contribution is 2.56. The highest BCUT2D eigenvalue weighted by Gasteiger charge is 2.50. The average Bonchev–Trinajstić information content (AvgIpc) is 3.64. The zero-order chi connectivity index (χ0) is 45.7. The Bertz CT molecular complexity index is 3130. The fourth-order valence-electron chi connectivity index (χ4n) is 12.2. The van der Waals surface area contributed by atoms with E-state index in [4.69, 9.17) is 0 Å². The van der Waals surface area contributed by atoms with Crippen LogP contribution < -0.4 is 25.5 Å². The summed E-state index contributed by atoms with van der Waals surface area (Å²) < 4.78 is 2.76. The van der Waals surface area contributed by atoms with Crippen LogP contribution in [0.1, 0.15) is 141 Å². The van der Waals surface area contributed by atoms with Gasteiger partial charge in [0.15, 0.2) is 0 Å². The molecule has 0 saturated heterocycles. The van der Waals surface area contributed by atoms with E-state index in [2.05, 4.69) is 215 Å². The average molecular weight is 869 g/mol. The second-order valence-corrected chi connectivity index (χ2v) is 24.7. The van der Waals surface area contributed by atoms with Gasteiger partial charge in [-0.2, -0.15) is 0 Å². The monoisotopic (exact) mass is 868 g/mol. The molecule has 3 heterocycles. The first-order valence-electron chi connectivity index (χ1n) is 24.2. The molecule has 0 spiro atoms. The molecule has 6 aromatic carbocycles. The van der Waals surface area contributed by atoms with Crippen molar-refractivity contribution >= 4 is 84.0 Å². The van der Waals surface area contributed by atoms with Crippen LogP contribution in [-0.2, 0) is 27.1 Å². The Morgan fingerprint density at radius 3 is 1.95 bits per heavy atom. The molecule has 0 saturated carbocycles. The lowest BCUT2D eigenvalue weighted by molar-refractivity contribution is 0.331. The summed E-state index contributed by atoms with van der Waals surface area (Å²) in [6.45, 7) is 33.6. The Balaban J connectivity index is 1.30. The van der Waals surface area contributed by atoms with E-state index in [1.807, 2.05) is 11.3 Å². The van der Waals surface area contributed by atoms with Gasteiger partial charge in [0.2, 0.25) is 0 Å². The zero-order valence-corrected chi connectivity index (χ0v) is 41.7. The number of thiophene rings is 1. The molecule has 0 bridgehead atoms. The van der Waals surface area contributed by atoms with Crippen LogP contribution >= 0.6 is 11.3 Å². The summed E-state index contributed by atoms with van der Waals surface area (Å²) in [7, 11) is 0. The number of hydrogen-bond donors (Lipinski definition) is 0. The smallest absolute Gasteiger partial charge is 0.264 e. The van der Waals surface area contributed by atoms with Crippen LogP contribution in [0, 0.1) is 6.92 Å². The SMILES string of the molecule is C=Cc1cc2c3c(c1)N(c1ccc(C(C)(C)C)cc1-c1ccccc1)c1c(sc4ccc(C)cc14)B3c1ccc3c(c1N2c1ccc2c(c1)C(C)(C)CCC2(C)C)C(C)(C)CCC3(C)C. The molecule has 0 N–H and O–H groups in total. The summed E-state index contributed by atoms with van der Waals surface area (Å²) >= 11 is 2.00. The number of fused-ring (bicyclic) bond motifs is 9. The largest absolute Gasteiger partial charge is 0.311 e. The molecule has 2 nitrogen and oxygen atoms in total. The van der Waals surface area contributed by atoms with E-state index in [1.165, 1.54) is 124 Å². The summed E-state index contributed by atoms with van der Waals surface area (Å²) in [6, 6.07) is 43.0. The lowest BCUT2D eigenvalue weighted by atomic mass is 9.35. The Labute approximate surface area is 393 Å². The predicted octanol–water partition coefficient (Wildman–Crippen LogP) is 15.6. The van der Waals surface area contributed by atoms with Crippen LogP contribution in [-0.4, -0.2) is 6.71 Å². The van der Waals surface area contributed by atoms with Crippen LogP contribution in [0.25, 0.3) is 27.3 Å². The highest BCUT2D eigenvalue weighted by molar-refractivity contribution is 7.33. The summed E-state index contributed by atoms with van der Waals surface area (Å²) in [5.41, 5.74) is 22.9. The molecular formula is C61H65BN2S. The summed E-state index contributed by atoms with van der Waals surface area (Å²) in [5, 5.41) is 1.32. The van der Waals surface area contributed by atoms with Crippen molar-refractivity contribution in [1.82, 2.24) is 0 Å². The maximum absolute atomic E-state index is 4.50. The van der Waals surface area contributed by atoms with Crippen molar-refractivity contribution < 1.29 is 0 Å². The Morgan fingerprint density at radius 2 is 1.26 bits per heavy atom. The van der Waals surface area contributed by atoms with E-state index in [9.17, 15) is 0 Å². The van der Waals surface area contributed by atoms with Crippen molar-refractivity contribution in [1.29, 1.82) is 0 Å². The maximum atomic E-state index is 4.50. The Kier molecular flexibility index (Phi) is 9.18. The lowest BCUT2D eigenvalue weighted by Crippen LogP contribution is -2.61. The van der Waals surface area contributed by atoms with Crippen LogP contribution in [0.5, 0.6) is 0 Å². The van der Waals surface area contributed by atoms with E-state index in [1.54, 1.807) is 0 Å². The number of anilines is 6. The zero-order valence-electron chi connectivity index (χ0n) is 40.9. The topological polar surface area (TPSA) is 6.48 Å². The van der Waals surface area contributed by atoms with Crippen molar-refractivity contribution in [3.63, 3.8) is 0 Å². The predicted molar refractivity (Wildman–Crippen MR) is 285 cm³/mol. The molecule has 2 aliphatic heterocycles. The van der Waals surface area contributed by atoms with Gasteiger partial charge in [0.05, 0.1) is 11.4 Å². The standard InChI is InChI=1S/C61H65BN2S/c1-14-38-33-49-53-50(34-38)64(48-26-21-40(57(3,4)5)35-42(48)39-18-16-15-17-19-39)54-43-32-37(2)20-27-51(43)65-56(54)62(53)47-25-24-45-52(61(12,13)31-30-59(45,8)9)55(47)63(49)41-22-23-44-46(36-41)60(10,11)29-28-58(44,6)7/h14-27,32-36H,1,28-31H2,2-13H3. The van der Waals surface area contributed by atoms with E-state index in [0.717, 1.165) is 12.0 Å². The van der Waals surface area contributed by atoms with Gasteiger partial charge in [-0.1, -0.05) is 155 Å². The third-order valence-corrected chi connectivity index (χ3v) is 17.5. The van der Waals surface area contributed by atoms with Gasteiger partial charge < -0.3 is 9.80 Å². The van der Waals surface area contributed by atoms with E-state index >= 15 is 0 Å². The molecule has 0 unspecified atom stereocenters. The molecule has 0 radical (unpaired) electrons. The molecule has 65 heavy (non-hydrogen) atoms. The van der Waals surface area contributed by atoms with Gasteiger partial charge in [-0.05, 0) is 158 Å². The fraction of sp³-hybridized carbons (Fsp3) is 0.344. The number of rotatable bonds is 4. The number of aryl methyl sites for hydroxylation is 1. The normalized spacial score (nSPS) is 18.4. The number of benzene rings is 6. The van der Waals surface area contributed by atoms with Crippen molar-refractivity contribution in [2.45, 2.75) is 136 Å². The minimum Gasteiger partial charge on any atom is -0.311 e. The first kappa shape index (κ1) is 42.3. The fourth-order valence-corrected chi connectivity index (χ4v) is 13.5. The molecule has 11 rings (SSSR count). The van der Waals surface area contributed by atoms with Crippen molar-refractivity contribution in [3.05, 3.63) is 155 Å². The summed E-state index contributed by atoms with van der Waals surface area (Å²) in [5.74, 6) is 0. The highest BCUT2D eigenvalue weighted by atomic mass is 32.1. The summed E-state index contributed by atoms with van der Waals surface area (Å²) in [6.07, 6.45) is 6.77.